The van der Waals surface area contributed by atoms with Crippen molar-refractivity contribution < 1.29 is 23.1 Å². The molecule has 0 atom stereocenters. The first kappa shape index (κ1) is 15.3. The number of alkyl halides is 3. The van der Waals surface area contributed by atoms with E-state index < -0.39 is 25.2 Å². The quantitative estimate of drug-likeness (QED) is 0.929. The molecule has 3 nitrogen and oxygen atoms in total. The number of aliphatic hydroxyl groups is 1. The zero-order valence-corrected chi connectivity index (χ0v) is 11.7. The van der Waals surface area contributed by atoms with Gasteiger partial charge in [0.05, 0.1) is 11.5 Å². The highest BCUT2D eigenvalue weighted by Gasteiger charge is 2.33. The highest BCUT2D eigenvalue weighted by atomic mass is 32.1. The van der Waals surface area contributed by atoms with Crippen molar-refractivity contribution in [1.82, 2.24) is 4.90 Å². The van der Waals surface area contributed by atoms with Gasteiger partial charge in [-0.1, -0.05) is 0 Å². The van der Waals surface area contributed by atoms with Crippen molar-refractivity contribution in [3.05, 3.63) is 21.4 Å². The molecule has 1 N–H and O–H groups in total. The Morgan fingerprint density at radius 3 is 2.65 bits per heavy atom. The molecule has 20 heavy (non-hydrogen) atoms. The molecular formula is C13H16F3NO2S. The molecule has 0 fully saturated rings. The van der Waals surface area contributed by atoms with Gasteiger partial charge in [-0.3, -0.25) is 4.79 Å². The summed E-state index contributed by atoms with van der Waals surface area (Å²) in [7, 11) is 0. The number of hydrogen-bond donors (Lipinski definition) is 1. The number of carbonyl (C=O) groups excluding carboxylic acids is 1. The number of fused-ring (bicyclic) bond motifs is 1. The highest BCUT2D eigenvalue weighted by molar-refractivity contribution is 7.14. The van der Waals surface area contributed by atoms with Crippen LogP contribution in [-0.2, 0) is 12.8 Å². The predicted octanol–water partition coefficient (Wildman–Crippen LogP) is 2.62. The first-order valence-corrected chi connectivity index (χ1v) is 7.31. The summed E-state index contributed by atoms with van der Waals surface area (Å²) < 4.78 is 37.4. The highest BCUT2D eigenvalue weighted by Crippen LogP contribution is 2.30. The van der Waals surface area contributed by atoms with Gasteiger partial charge in [-0.25, -0.2) is 0 Å². The molecule has 1 amide bonds. The van der Waals surface area contributed by atoms with Crippen LogP contribution in [0.4, 0.5) is 13.2 Å². The summed E-state index contributed by atoms with van der Waals surface area (Å²) in [5.41, 5.74) is 1.08. The zero-order chi connectivity index (χ0) is 14.8. The van der Waals surface area contributed by atoms with Crippen LogP contribution in [0.3, 0.4) is 0 Å². The van der Waals surface area contributed by atoms with Crippen LogP contribution in [0.5, 0.6) is 0 Å². The second-order valence-corrected chi connectivity index (χ2v) is 5.97. The Labute approximate surface area is 119 Å². The molecule has 1 aromatic rings. The maximum Gasteiger partial charge on any atom is 0.406 e. The standard InChI is InChI=1S/C13H16F3NO2S/c14-13(15,16)8-17(5-6-18)12(19)11-7-9-3-1-2-4-10(9)20-11/h7,18H,1-6,8H2. The third kappa shape index (κ3) is 3.73. The van der Waals surface area contributed by atoms with Crippen LogP contribution < -0.4 is 0 Å². The van der Waals surface area contributed by atoms with Crippen molar-refractivity contribution >= 4 is 17.2 Å². The molecule has 0 saturated heterocycles. The fourth-order valence-electron chi connectivity index (χ4n) is 2.34. The van der Waals surface area contributed by atoms with E-state index in [4.69, 9.17) is 5.11 Å². The average molecular weight is 307 g/mol. The van der Waals surface area contributed by atoms with Crippen LogP contribution in [0.1, 0.15) is 33.0 Å². The van der Waals surface area contributed by atoms with E-state index in [-0.39, 0.29) is 6.54 Å². The van der Waals surface area contributed by atoms with E-state index in [0.29, 0.717) is 9.78 Å². The van der Waals surface area contributed by atoms with Crippen LogP contribution in [0, 0.1) is 0 Å². The molecule has 0 aromatic carbocycles. The van der Waals surface area contributed by atoms with Crippen molar-refractivity contribution in [2.45, 2.75) is 31.9 Å². The van der Waals surface area contributed by atoms with Gasteiger partial charge in [0.1, 0.15) is 6.54 Å². The van der Waals surface area contributed by atoms with Gasteiger partial charge in [0.2, 0.25) is 0 Å². The van der Waals surface area contributed by atoms with E-state index in [1.54, 1.807) is 6.07 Å². The van der Waals surface area contributed by atoms with Crippen LogP contribution in [-0.4, -0.2) is 41.8 Å². The molecule has 0 saturated carbocycles. The van der Waals surface area contributed by atoms with Gasteiger partial charge in [0.15, 0.2) is 0 Å². The summed E-state index contributed by atoms with van der Waals surface area (Å²) in [4.78, 5) is 14.3. The van der Waals surface area contributed by atoms with Crippen molar-refractivity contribution in [1.29, 1.82) is 0 Å². The fourth-order valence-corrected chi connectivity index (χ4v) is 3.56. The second-order valence-electron chi connectivity index (χ2n) is 4.83. The molecular weight excluding hydrogens is 291 g/mol. The molecule has 0 radical (unpaired) electrons. The molecule has 0 aliphatic heterocycles. The minimum absolute atomic E-state index is 0.305. The smallest absolute Gasteiger partial charge is 0.395 e. The minimum atomic E-state index is -4.46. The SMILES string of the molecule is O=C(c1cc2c(s1)CCCC2)N(CCO)CC(F)(F)F. The lowest BCUT2D eigenvalue weighted by Crippen LogP contribution is -2.40. The molecule has 0 unspecified atom stereocenters. The molecule has 112 valence electrons. The number of hydrogen-bond acceptors (Lipinski definition) is 3. The number of thiophene rings is 1. The normalized spacial score (nSPS) is 15.0. The molecule has 7 heteroatoms. The van der Waals surface area contributed by atoms with Gasteiger partial charge in [0.25, 0.3) is 5.91 Å². The van der Waals surface area contributed by atoms with E-state index in [0.717, 1.165) is 36.1 Å². The molecule has 0 spiro atoms. The first-order valence-electron chi connectivity index (χ1n) is 6.49. The Bertz CT molecular complexity index is 461. The van der Waals surface area contributed by atoms with Gasteiger partial charge in [-0.05, 0) is 37.3 Å². The van der Waals surface area contributed by atoms with Crippen molar-refractivity contribution in [2.75, 3.05) is 19.7 Å². The lowest BCUT2D eigenvalue weighted by Gasteiger charge is -2.22. The maximum atomic E-state index is 12.5. The van der Waals surface area contributed by atoms with Crippen molar-refractivity contribution in [3.63, 3.8) is 0 Å². The summed E-state index contributed by atoms with van der Waals surface area (Å²) >= 11 is 1.28. The molecule has 1 aliphatic carbocycles. The van der Waals surface area contributed by atoms with E-state index in [9.17, 15) is 18.0 Å². The van der Waals surface area contributed by atoms with Crippen LogP contribution >= 0.6 is 11.3 Å². The van der Waals surface area contributed by atoms with Gasteiger partial charge < -0.3 is 10.0 Å². The second kappa shape index (κ2) is 6.13. The van der Waals surface area contributed by atoms with E-state index in [2.05, 4.69) is 0 Å². The molecule has 1 aliphatic rings. The average Bonchev–Trinajstić information content (AvgIpc) is 2.79. The Morgan fingerprint density at radius 1 is 1.35 bits per heavy atom. The van der Waals surface area contributed by atoms with Gasteiger partial charge in [0, 0.05) is 11.4 Å². The summed E-state index contributed by atoms with van der Waals surface area (Å²) in [5.74, 6) is -0.643. The van der Waals surface area contributed by atoms with Gasteiger partial charge in [-0.2, -0.15) is 13.2 Å². The lowest BCUT2D eigenvalue weighted by atomic mass is 9.99. The fraction of sp³-hybridized carbons (Fsp3) is 0.615. The number of aryl methyl sites for hydroxylation is 2. The summed E-state index contributed by atoms with van der Waals surface area (Å²) in [6.07, 6.45) is -0.559. The van der Waals surface area contributed by atoms with Crippen LogP contribution in [0.25, 0.3) is 0 Å². The first-order chi connectivity index (χ1) is 9.40. The molecule has 1 aromatic heterocycles. The Balaban J connectivity index is 2.16. The predicted molar refractivity (Wildman–Crippen MR) is 70.0 cm³/mol. The number of rotatable bonds is 4. The summed E-state index contributed by atoms with van der Waals surface area (Å²) in [6.45, 7) is -2.11. The zero-order valence-electron chi connectivity index (χ0n) is 10.9. The number of aliphatic hydroxyl groups excluding tert-OH is 1. The Morgan fingerprint density at radius 2 is 2.05 bits per heavy atom. The number of halogens is 3. The third-order valence-electron chi connectivity index (χ3n) is 3.23. The van der Waals surface area contributed by atoms with E-state index >= 15 is 0 Å². The largest absolute Gasteiger partial charge is 0.406 e. The monoisotopic (exact) mass is 307 g/mol. The van der Waals surface area contributed by atoms with Crippen molar-refractivity contribution in [2.24, 2.45) is 0 Å². The van der Waals surface area contributed by atoms with Gasteiger partial charge >= 0.3 is 6.18 Å². The summed E-state index contributed by atoms with van der Waals surface area (Å²) in [6, 6.07) is 1.71. The Hall–Kier alpha value is -1.08. The molecule has 2 rings (SSSR count). The maximum absolute atomic E-state index is 12.5. The number of amides is 1. The summed E-state index contributed by atoms with van der Waals surface area (Å²) in [5, 5.41) is 8.83. The van der Waals surface area contributed by atoms with Crippen LogP contribution in [0.15, 0.2) is 6.07 Å². The van der Waals surface area contributed by atoms with E-state index in [1.165, 1.54) is 11.3 Å². The Kier molecular flexibility index (Phi) is 4.70. The number of carbonyl (C=O) groups is 1. The van der Waals surface area contributed by atoms with Gasteiger partial charge in [-0.15, -0.1) is 11.3 Å². The number of nitrogens with zero attached hydrogens (tertiary/aromatic N) is 1. The minimum Gasteiger partial charge on any atom is -0.395 e. The molecule has 0 bridgehead atoms. The van der Waals surface area contributed by atoms with Crippen molar-refractivity contribution in [3.8, 4) is 0 Å². The van der Waals surface area contributed by atoms with E-state index in [1.807, 2.05) is 0 Å². The topological polar surface area (TPSA) is 40.5 Å². The lowest BCUT2D eigenvalue weighted by molar-refractivity contribution is -0.141. The third-order valence-corrected chi connectivity index (χ3v) is 4.46. The van der Waals surface area contributed by atoms with Crippen LogP contribution in [0.2, 0.25) is 0 Å². The molecule has 1 heterocycles.